The van der Waals surface area contributed by atoms with E-state index in [-0.39, 0.29) is 4.90 Å². The van der Waals surface area contributed by atoms with Crippen LogP contribution in [-0.4, -0.2) is 15.5 Å². The molecule has 2 N–H and O–H groups in total. The first kappa shape index (κ1) is 15.4. The Morgan fingerprint density at radius 2 is 1.71 bits per heavy atom. The van der Waals surface area contributed by atoms with Gasteiger partial charge in [-0.3, -0.25) is 4.31 Å². The van der Waals surface area contributed by atoms with Gasteiger partial charge in [0.1, 0.15) is 0 Å². The van der Waals surface area contributed by atoms with E-state index >= 15 is 0 Å². The molecule has 0 fully saturated rings. The summed E-state index contributed by atoms with van der Waals surface area (Å²) in [4.78, 5) is 0.277. The van der Waals surface area contributed by atoms with Crippen LogP contribution in [0.5, 0.6) is 0 Å². The summed E-state index contributed by atoms with van der Waals surface area (Å²) in [6.07, 6.45) is 0.924. The van der Waals surface area contributed by atoms with Crippen LogP contribution in [0.3, 0.4) is 0 Å². The van der Waals surface area contributed by atoms with Gasteiger partial charge >= 0.3 is 0 Å². The van der Waals surface area contributed by atoms with Gasteiger partial charge in [-0.05, 0) is 54.8 Å². The molecule has 0 heterocycles. The topological polar surface area (TPSA) is 63.4 Å². The molecule has 0 unspecified atom stereocenters. The molecule has 0 aromatic heterocycles. The third-order valence-electron chi connectivity index (χ3n) is 3.55. The lowest BCUT2D eigenvalue weighted by Gasteiger charge is -2.21. The summed E-state index contributed by atoms with van der Waals surface area (Å²) in [7, 11) is -2.02. The Morgan fingerprint density at radius 3 is 2.24 bits per heavy atom. The first-order valence-corrected chi connectivity index (χ1v) is 8.24. The highest BCUT2D eigenvalue weighted by molar-refractivity contribution is 7.92. The Hall–Kier alpha value is -2.01. The molecule has 0 aliphatic heterocycles. The van der Waals surface area contributed by atoms with Crippen LogP contribution >= 0.6 is 0 Å². The van der Waals surface area contributed by atoms with Crippen molar-refractivity contribution in [3.63, 3.8) is 0 Å². The van der Waals surface area contributed by atoms with Crippen LogP contribution in [0.4, 0.5) is 11.4 Å². The predicted molar refractivity (Wildman–Crippen MR) is 87.0 cm³/mol. The molecule has 2 rings (SSSR count). The van der Waals surface area contributed by atoms with E-state index in [0.717, 1.165) is 6.42 Å². The molecule has 0 aliphatic carbocycles. The van der Waals surface area contributed by atoms with Crippen molar-refractivity contribution in [3.05, 3.63) is 53.6 Å². The Kier molecular flexibility index (Phi) is 4.23. The van der Waals surface area contributed by atoms with E-state index < -0.39 is 10.0 Å². The minimum atomic E-state index is -3.58. The van der Waals surface area contributed by atoms with E-state index in [1.807, 2.05) is 24.3 Å². The summed E-state index contributed by atoms with van der Waals surface area (Å²) in [6, 6.07) is 12.4. The average Bonchev–Trinajstić information content (AvgIpc) is 2.46. The number of anilines is 2. The molecule has 2 aromatic carbocycles. The Bertz CT molecular complexity index is 737. The lowest BCUT2D eigenvalue weighted by molar-refractivity contribution is 0.594. The number of nitrogens with two attached hydrogens (primary N) is 1. The van der Waals surface area contributed by atoms with E-state index in [1.165, 1.54) is 9.87 Å². The van der Waals surface area contributed by atoms with Crippen LogP contribution in [0, 0.1) is 6.92 Å². The number of benzene rings is 2. The second-order valence-corrected chi connectivity index (χ2v) is 6.96. The number of aryl methyl sites for hydroxylation is 2. The number of sulfonamides is 1. The third kappa shape index (κ3) is 3.03. The minimum Gasteiger partial charge on any atom is -0.399 e. The molecule has 21 heavy (non-hydrogen) atoms. The van der Waals surface area contributed by atoms with Crippen molar-refractivity contribution in [2.24, 2.45) is 0 Å². The largest absolute Gasteiger partial charge is 0.399 e. The lowest BCUT2D eigenvalue weighted by Crippen LogP contribution is -2.27. The fourth-order valence-corrected chi connectivity index (χ4v) is 3.59. The number of rotatable bonds is 4. The molecule has 0 atom stereocenters. The molecule has 0 saturated heterocycles. The van der Waals surface area contributed by atoms with Crippen molar-refractivity contribution in [1.82, 2.24) is 0 Å². The fraction of sp³-hybridized carbons (Fsp3) is 0.250. The number of nitrogens with zero attached hydrogens (tertiary/aromatic N) is 1. The Balaban J connectivity index is 2.42. The molecular formula is C16H20N2O2S. The summed E-state index contributed by atoms with van der Waals surface area (Å²) in [5, 5.41) is 0. The quantitative estimate of drug-likeness (QED) is 0.883. The molecule has 4 nitrogen and oxygen atoms in total. The molecular weight excluding hydrogens is 284 g/mol. The van der Waals surface area contributed by atoms with E-state index in [0.29, 0.717) is 16.9 Å². The van der Waals surface area contributed by atoms with Crippen molar-refractivity contribution in [1.29, 1.82) is 0 Å². The molecule has 0 saturated carbocycles. The SMILES string of the molecule is CCc1ccc(N(C)S(=O)(=O)c2ccc(N)cc2C)cc1. The van der Waals surface area contributed by atoms with Gasteiger partial charge in [0.15, 0.2) is 0 Å². The van der Waals surface area contributed by atoms with Gasteiger partial charge in [0.25, 0.3) is 10.0 Å². The van der Waals surface area contributed by atoms with Gasteiger partial charge in [-0.25, -0.2) is 8.42 Å². The normalized spacial score (nSPS) is 11.4. The van der Waals surface area contributed by atoms with Crippen molar-refractivity contribution < 1.29 is 8.42 Å². The zero-order valence-corrected chi connectivity index (χ0v) is 13.3. The number of nitrogen functional groups attached to an aromatic ring is 1. The van der Waals surface area contributed by atoms with Crippen molar-refractivity contribution in [3.8, 4) is 0 Å². The van der Waals surface area contributed by atoms with Crippen LogP contribution in [0.2, 0.25) is 0 Å². The first-order valence-electron chi connectivity index (χ1n) is 6.80. The summed E-state index contributed by atoms with van der Waals surface area (Å²) in [6.45, 7) is 3.81. The molecule has 0 radical (unpaired) electrons. The van der Waals surface area contributed by atoms with Crippen LogP contribution < -0.4 is 10.0 Å². The molecule has 0 spiro atoms. The van der Waals surface area contributed by atoms with E-state index in [1.54, 1.807) is 32.2 Å². The first-order chi connectivity index (χ1) is 9.86. The highest BCUT2D eigenvalue weighted by Gasteiger charge is 2.23. The summed E-state index contributed by atoms with van der Waals surface area (Å²) >= 11 is 0. The van der Waals surface area contributed by atoms with Crippen LogP contribution in [0.1, 0.15) is 18.1 Å². The maximum absolute atomic E-state index is 12.7. The lowest BCUT2D eigenvalue weighted by atomic mass is 10.1. The zero-order valence-electron chi connectivity index (χ0n) is 12.5. The van der Waals surface area contributed by atoms with Crippen LogP contribution in [0.25, 0.3) is 0 Å². The van der Waals surface area contributed by atoms with E-state index in [9.17, 15) is 8.42 Å². The molecule has 2 aromatic rings. The summed E-state index contributed by atoms with van der Waals surface area (Å²) in [5.74, 6) is 0. The van der Waals surface area contributed by atoms with Crippen molar-refractivity contribution >= 4 is 21.4 Å². The highest BCUT2D eigenvalue weighted by Crippen LogP contribution is 2.25. The zero-order chi connectivity index (χ0) is 15.6. The van der Waals surface area contributed by atoms with Gasteiger partial charge in [-0.2, -0.15) is 0 Å². The molecule has 0 amide bonds. The van der Waals surface area contributed by atoms with Crippen LogP contribution in [0.15, 0.2) is 47.4 Å². The standard InChI is InChI=1S/C16H20N2O2S/c1-4-13-5-8-15(9-6-13)18(3)21(19,20)16-10-7-14(17)11-12(16)2/h5-11H,4,17H2,1-3H3. The molecule has 112 valence electrons. The van der Waals surface area contributed by atoms with Crippen molar-refractivity contribution in [2.45, 2.75) is 25.2 Å². The number of hydrogen-bond acceptors (Lipinski definition) is 3. The van der Waals surface area contributed by atoms with Gasteiger partial charge < -0.3 is 5.73 Å². The van der Waals surface area contributed by atoms with Crippen LogP contribution in [-0.2, 0) is 16.4 Å². The summed E-state index contributed by atoms with van der Waals surface area (Å²) < 4.78 is 26.7. The Morgan fingerprint density at radius 1 is 1.10 bits per heavy atom. The van der Waals surface area contributed by atoms with Gasteiger partial charge in [0.2, 0.25) is 0 Å². The van der Waals surface area contributed by atoms with Gasteiger partial charge in [0, 0.05) is 12.7 Å². The fourth-order valence-electron chi connectivity index (χ4n) is 2.19. The molecule has 5 heteroatoms. The minimum absolute atomic E-state index is 0.277. The average molecular weight is 304 g/mol. The van der Waals surface area contributed by atoms with Gasteiger partial charge in [-0.15, -0.1) is 0 Å². The molecule has 0 aliphatic rings. The maximum Gasteiger partial charge on any atom is 0.264 e. The summed E-state index contributed by atoms with van der Waals surface area (Å²) in [5.41, 5.74) is 8.70. The Labute approximate surface area is 126 Å². The molecule has 0 bridgehead atoms. The monoisotopic (exact) mass is 304 g/mol. The third-order valence-corrected chi connectivity index (χ3v) is 5.49. The predicted octanol–water partition coefficient (Wildman–Crippen LogP) is 2.96. The second-order valence-electron chi connectivity index (χ2n) is 5.02. The smallest absolute Gasteiger partial charge is 0.264 e. The van der Waals surface area contributed by atoms with Gasteiger partial charge in [0.05, 0.1) is 10.6 Å². The van der Waals surface area contributed by atoms with E-state index in [2.05, 4.69) is 6.92 Å². The van der Waals surface area contributed by atoms with Gasteiger partial charge in [-0.1, -0.05) is 19.1 Å². The number of hydrogen-bond donors (Lipinski definition) is 1. The highest BCUT2D eigenvalue weighted by atomic mass is 32.2. The second kappa shape index (κ2) is 5.77. The maximum atomic E-state index is 12.7. The van der Waals surface area contributed by atoms with Crippen molar-refractivity contribution in [2.75, 3.05) is 17.1 Å². The van der Waals surface area contributed by atoms with E-state index in [4.69, 9.17) is 5.73 Å².